The molecule has 3 aromatic rings. The molecule has 0 amide bonds. The Hall–Kier alpha value is -1.58. The molecule has 2 heterocycles. The van der Waals surface area contributed by atoms with Crippen LogP contribution in [0.1, 0.15) is 0 Å². The summed E-state index contributed by atoms with van der Waals surface area (Å²) >= 11 is 7.79. The highest BCUT2D eigenvalue weighted by molar-refractivity contribution is 7.22. The number of anilines is 1. The highest BCUT2D eigenvalue weighted by Gasteiger charge is 2.07. The summed E-state index contributed by atoms with van der Waals surface area (Å²) in [7, 11) is 0. The minimum absolute atomic E-state index is 0.721. The van der Waals surface area contributed by atoms with Gasteiger partial charge >= 0.3 is 0 Å². The third-order valence-electron chi connectivity index (χ3n) is 2.53. The Kier molecular flexibility index (Phi) is 2.50. The van der Waals surface area contributed by atoms with Crippen LogP contribution in [-0.4, -0.2) is 4.98 Å². The Balaban J connectivity index is 2.22. The van der Waals surface area contributed by atoms with Gasteiger partial charge < -0.3 is 5.73 Å². The predicted octanol–water partition coefficient (Wildman–Crippen LogP) is 4.20. The molecule has 2 aromatic heterocycles. The molecule has 0 bridgehead atoms. The molecule has 0 atom stereocenters. The van der Waals surface area contributed by atoms with Gasteiger partial charge in [0.05, 0.1) is 20.3 Å². The number of nitrogens with zero attached hydrogens (tertiary/aromatic N) is 1. The predicted molar refractivity (Wildman–Crippen MR) is 74.5 cm³/mol. The van der Waals surface area contributed by atoms with Gasteiger partial charge in [-0.2, -0.15) is 0 Å². The number of hydrogen-bond acceptors (Lipinski definition) is 3. The molecule has 2 nitrogen and oxygen atoms in total. The number of aromatic nitrogens is 1. The molecule has 0 aliphatic rings. The van der Waals surface area contributed by atoms with E-state index in [1.165, 1.54) is 0 Å². The van der Waals surface area contributed by atoms with E-state index in [9.17, 15) is 0 Å². The second kappa shape index (κ2) is 4.02. The molecule has 17 heavy (non-hydrogen) atoms. The molecule has 0 aliphatic carbocycles. The average Bonchev–Trinajstić information content (AvgIpc) is 2.74. The van der Waals surface area contributed by atoms with E-state index in [2.05, 4.69) is 11.1 Å². The van der Waals surface area contributed by atoms with E-state index in [-0.39, 0.29) is 0 Å². The number of hydrogen-bond donors (Lipinski definition) is 1. The standard InChI is InChI=1S/C13H9ClN2S/c14-10-3-1-2-8-6-12(17-13(8)10)11-7-9(15)4-5-16-11/h1-7H,(H2,15,16). The van der Waals surface area contributed by atoms with Crippen molar-refractivity contribution >= 4 is 38.7 Å². The zero-order chi connectivity index (χ0) is 11.8. The van der Waals surface area contributed by atoms with Crippen molar-refractivity contribution in [3.8, 4) is 10.6 Å². The first-order valence-corrected chi connectivity index (χ1v) is 6.33. The summed E-state index contributed by atoms with van der Waals surface area (Å²) in [6, 6.07) is 11.6. The van der Waals surface area contributed by atoms with Crippen molar-refractivity contribution in [1.82, 2.24) is 4.98 Å². The van der Waals surface area contributed by atoms with Crippen LogP contribution in [0.2, 0.25) is 5.02 Å². The lowest BCUT2D eigenvalue weighted by Gasteiger charge is -1.96. The molecule has 0 aliphatic heterocycles. The molecule has 0 saturated carbocycles. The number of thiophene rings is 1. The minimum Gasteiger partial charge on any atom is -0.399 e. The fourth-order valence-electron chi connectivity index (χ4n) is 1.74. The first-order chi connectivity index (χ1) is 8.24. The maximum absolute atomic E-state index is 6.15. The van der Waals surface area contributed by atoms with Crippen LogP contribution in [0.5, 0.6) is 0 Å². The zero-order valence-electron chi connectivity index (χ0n) is 8.85. The molecular weight excluding hydrogens is 252 g/mol. The van der Waals surface area contributed by atoms with Crippen LogP contribution in [0.15, 0.2) is 42.6 Å². The van der Waals surface area contributed by atoms with E-state index < -0.39 is 0 Å². The van der Waals surface area contributed by atoms with Crippen LogP contribution in [0.3, 0.4) is 0 Å². The Bertz CT molecular complexity index is 691. The number of fused-ring (bicyclic) bond motifs is 1. The van der Waals surface area contributed by atoms with Crippen molar-refractivity contribution in [3.05, 3.63) is 47.6 Å². The maximum atomic E-state index is 6.15. The van der Waals surface area contributed by atoms with Gasteiger partial charge in [0.25, 0.3) is 0 Å². The van der Waals surface area contributed by atoms with Gasteiger partial charge in [-0.3, -0.25) is 4.98 Å². The lowest BCUT2D eigenvalue weighted by Crippen LogP contribution is -1.86. The number of halogens is 1. The van der Waals surface area contributed by atoms with Crippen molar-refractivity contribution in [2.24, 2.45) is 0 Å². The summed E-state index contributed by atoms with van der Waals surface area (Å²) in [4.78, 5) is 5.41. The smallest absolute Gasteiger partial charge is 0.0822 e. The first-order valence-electron chi connectivity index (χ1n) is 5.14. The summed E-state index contributed by atoms with van der Waals surface area (Å²) in [5, 5.41) is 1.92. The zero-order valence-corrected chi connectivity index (χ0v) is 10.4. The third kappa shape index (κ3) is 1.88. The van der Waals surface area contributed by atoms with Crippen molar-refractivity contribution in [3.63, 3.8) is 0 Å². The van der Waals surface area contributed by atoms with Gasteiger partial charge in [0.2, 0.25) is 0 Å². The number of rotatable bonds is 1. The number of benzene rings is 1. The van der Waals surface area contributed by atoms with Crippen LogP contribution in [0.4, 0.5) is 5.69 Å². The van der Waals surface area contributed by atoms with Crippen molar-refractivity contribution in [2.75, 3.05) is 5.73 Å². The van der Waals surface area contributed by atoms with Gasteiger partial charge in [0.15, 0.2) is 0 Å². The third-order valence-corrected chi connectivity index (χ3v) is 4.17. The topological polar surface area (TPSA) is 38.9 Å². The number of pyridine rings is 1. The Labute approximate surface area is 108 Å². The monoisotopic (exact) mass is 260 g/mol. The molecular formula is C13H9ClN2S. The molecule has 2 N–H and O–H groups in total. The Morgan fingerprint density at radius 1 is 1.18 bits per heavy atom. The van der Waals surface area contributed by atoms with Gasteiger partial charge in [0.1, 0.15) is 0 Å². The van der Waals surface area contributed by atoms with E-state index in [1.807, 2.05) is 24.3 Å². The highest BCUT2D eigenvalue weighted by atomic mass is 35.5. The normalized spacial score (nSPS) is 10.9. The van der Waals surface area contributed by atoms with Crippen molar-refractivity contribution in [1.29, 1.82) is 0 Å². The quantitative estimate of drug-likeness (QED) is 0.712. The molecule has 0 saturated heterocycles. The molecule has 84 valence electrons. The Morgan fingerprint density at radius 3 is 2.82 bits per heavy atom. The van der Waals surface area contributed by atoms with E-state index in [0.29, 0.717) is 0 Å². The number of nitrogens with two attached hydrogens (primary N) is 1. The van der Waals surface area contributed by atoms with Crippen LogP contribution in [-0.2, 0) is 0 Å². The van der Waals surface area contributed by atoms with Gasteiger partial charge in [-0.1, -0.05) is 23.7 Å². The van der Waals surface area contributed by atoms with E-state index in [4.69, 9.17) is 17.3 Å². The van der Waals surface area contributed by atoms with Crippen molar-refractivity contribution < 1.29 is 0 Å². The average molecular weight is 261 g/mol. The van der Waals surface area contributed by atoms with Gasteiger partial charge in [-0.25, -0.2) is 0 Å². The summed E-state index contributed by atoms with van der Waals surface area (Å²) in [6.45, 7) is 0. The van der Waals surface area contributed by atoms with Crippen LogP contribution in [0.25, 0.3) is 20.7 Å². The van der Waals surface area contributed by atoms with Crippen LogP contribution >= 0.6 is 22.9 Å². The summed E-state index contributed by atoms with van der Waals surface area (Å²) in [5.74, 6) is 0. The largest absolute Gasteiger partial charge is 0.399 e. The second-order valence-electron chi connectivity index (χ2n) is 3.74. The minimum atomic E-state index is 0.721. The summed E-state index contributed by atoms with van der Waals surface area (Å²) in [6.07, 6.45) is 1.72. The van der Waals surface area contributed by atoms with Gasteiger partial charge in [0, 0.05) is 11.9 Å². The first kappa shape index (κ1) is 10.6. The fourth-order valence-corrected chi connectivity index (χ4v) is 3.07. The van der Waals surface area contributed by atoms with Crippen LogP contribution in [0, 0.1) is 0 Å². The van der Waals surface area contributed by atoms with Crippen molar-refractivity contribution in [2.45, 2.75) is 0 Å². The SMILES string of the molecule is Nc1ccnc(-c2cc3cccc(Cl)c3s2)c1. The lowest BCUT2D eigenvalue weighted by molar-refractivity contribution is 1.34. The summed E-state index contributed by atoms with van der Waals surface area (Å²) < 4.78 is 1.09. The molecule has 0 spiro atoms. The van der Waals surface area contributed by atoms with E-state index >= 15 is 0 Å². The van der Waals surface area contributed by atoms with Gasteiger partial charge in [-0.05, 0) is 29.7 Å². The molecule has 0 radical (unpaired) electrons. The molecule has 4 heteroatoms. The maximum Gasteiger partial charge on any atom is 0.0822 e. The van der Waals surface area contributed by atoms with E-state index in [1.54, 1.807) is 23.6 Å². The fraction of sp³-hybridized carbons (Fsp3) is 0. The lowest BCUT2D eigenvalue weighted by atomic mass is 10.2. The second-order valence-corrected chi connectivity index (χ2v) is 5.20. The molecule has 0 fully saturated rings. The van der Waals surface area contributed by atoms with Crippen LogP contribution < -0.4 is 5.73 Å². The highest BCUT2D eigenvalue weighted by Crippen LogP contribution is 2.36. The molecule has 1 aromatic carbocycles. The molecule has 3 rings (SSSR count). The molecule has 0 unspecified atom stereocenters. The van der Waals surface area contributed by atoms with Gasteiger partial charge in [-0.15, -0.1) is 11.3 Å². The number of nitrogen functional groups attached to an aromatic ring is 1. The Morgan fingerprint density at radius 2 is 2.06 bits per heavy atom. The van der Waals surface area contributed by atoms with E-state index in [0.717, 1.165) is 31.4 Å². The summed E-state index contributed by atoms with van der Waals surface area (Å²) in [5.41, 5.74) is 7.37.